The number of esters is 1. The molecule has 0 aliphatic carbocycles. The van der Waals surface area contributed by atoms with Gasteiger partial charge in [-0.25, -0.2) is 9.97 Å². The Hall–Kier alpha value is -1.63. The van der Waals surface area contributed by atoms with Gasteiger partial charge in [0.05, 0.1) is 11.0 Å². The summed E-state index contributed by atoms with van der Waals surface area (Å²) in [5.41, 5.74) is 0.694. The molecule has 1 N–H and O–H groups in total. The van der Waals surface area contributed by atoms with Gasteiger partial charge >= 0.3 is 5.97 Å². The van der Waals surface area contributed by atoms with Crippen LogP contribution in [0.15, 0.2) is 18.2 Å². The lowest BCUT2D eigenvalue weighted by Gasteiger charge is -2.24. The van der Waals surface area contributed by atoms with E-state index in [1.807, 2.05) is 27.7 Å². The third-order valence-electron chi connectivity index (χ3n) is 4.13. The molecule has 1 aliphatic heterocycles. The second-order valence-corrected chi connectivity index (χ2v) is 8.18. The Balaban J connectivity index is 1.76. The largest absolute Gasteiger partial charge is 0.470 e. The zero-order valence-electron chi connectivity index (χ0n) is 15.0. The van der Waals surface area contributed by atoms with Gasteiger partial charge in [-0.2, -0.15) is 0 Å². The predicted molar refractivity (Wildman–Crippen MR) is 101 cm³/mol. The average molecular weight is 398 g/mol. The van der Waals surface area contributed by atoms with Gasteiger partial charge in [-0.05, 0) is 39.0 Å². The summed E-state index contributed by atoms with van der Waals surface area (Å²) in [6, 6.07) is 4.73. The van der Waals surface area contributed by atoms with Crippen molar-refractivity contribution in [2.75, 3.05) is 6.54 Å². The van der Waals surface area contributed by atoms with Gasteiger partial charge in [0.15, 0.2) is 5.15 Å². The first-order chi connectivity index (χ1) is 12.1. The highest BCUT2D eigenvalue weighted by atomic mass is 35.5. The summed E-state index contributed by atoms with van der Waals surface area (Å²) in [4.78, 5) is 21.1. The van der Waals surface area contributed by atoms with Crippen molar-refractivity contribution in [2.24, 2.45) is 5.92 Å². The number of hydrogen-bond donors (Lipinski definition) is 1. The number of carbonyl (C=O) groups is 1. The Morgan fingerprint density at radius 3 is 2.65 bits per heavy atom. The lowest BCUT2D eigenvalue weighted by atomic mass is 10.0. The van der Waals surface area contributed by atoms with Crippen LogP contribution in [0.5, 0.6) is 5.88 Å². The molecule has 1 aromatic heterocycles. The van der Waals surface area contributed by atoms with Gasteiger partial charge in [-0.1, -0.05) is 30.1 Å². The molecular formula is C18H21Cl2N3O3. The summed E-state index contributed by atoms with van der Waals surface area (Å²) in [7, 11) is 0. The molecule has 1 aliphatic rings. The third-order valence-corrected chi connectivity index (χ3v) is 4.61. The van der Waals surface area contributed by atoms with E-state index in [0.717, 1.165) is 0 Å². The third kappa shape index (κ3) is 4.19. The maximum atomic E-state index is 12.3. The van der Waals surface area contributed by atoms with Crippen LogP contribution in [-0.2, 0) is 9.53 Å². The lowest BCUT2D eigenvalue weighted by Crippen LogP contribution is -2.40. The van der Waals surface area contributed by atoms with Gasteiger partial charge in [0.2, 0.25) is 0 Å². The molecule has 3 rings (SSSR count). The minimum absolute atomic E-state index is 0.113. The van der Waals surface area contributed by atoms with E-state index in [9.17, 15) is 4.79 Å². The maximum Gasteiger partial charge on any atom is 0.324 e. The monoisotopic (exact) mass is 397 g/mol. The maximum absolute atomic E-state index is 12.3. The van der Waals surface area contributed by atoms with E-state index >= 15 is 0 Å². The number of nitrogens with zero attached hydrogens (tertiary/aromatic N) is 2. The number of carbonyl (C=O) groups excluding carboxylic acids is 1. The molecule has 1 fully saturated rings. The van der Waals surface area contributed by atoms with Crippen molar-refractivity contribution in [1.82, 2.24) is 15.3 Å². The molecular weight excluding hydrogens is 377 g/mol. The van der Waals surface area contributed by atoms with Crippen molar-refractivity contribution in [3.63, 3.8) is 0 Å². The Labute approximate surface area is 162 Å². The zero-order chi connectivity index (χ0) is 19.1. The van der Waals surface area contributed by atoms with E-state index in [1.54, 1.807) is 18.2 Å². The second-order valence-electron chi connectivity index (χ2n) is 7.39. The summed E-state index contributed by atoms with van der Waals surface area (Å²) < 4.78 is 11.4. The molecule has 2 aromatic rings. The van der Waals surface area contributed by atoms with Gasteiger partial charge < -0.3 is 14.8 Å². The predicted octanol–water partition coefficient (Wildman–Crippen LogP) is 3.63. The quantitative estimate of drug-likeness (QED) is 0.796. The first-order valence-electron chi connectivity index (χ1n) is 8.40. The highest BCUT2D eigenvalue weighted by Gasteiger charge is 2.41. The number of halogens is 2. The number of rotatable bonds is 3. The molecule has 8 heteroatoms. The molecule has 0 saturated carbocycles. The highest BCUT2D eigenvalue weighted by Crippen LogP contribution is 2.29. The van der Waals surface area contributed by atoms with Crippen LogP contribution in [0.4, 0.5) is 0 Å². The molecule has 6 nitrogen and oxygen atoms in total. The van der Waals surface area contributed by atoms with E-state index in [1.165, 1.54) is 0 Å². The molecule has 2 heterocycles. The molecule has 140 valence electrons. The van der Waals surface area contributed by atoms with Crippen LogP contribution < -0.4 is 10.1 Å². The minimum Gasteiger partial charge on any atom is -0.470 e. The number of hydrogen-bond acceptors (Lipinski definition) is 6. The SMILES string of the molecule is CC1C(Oc2nc3cc(Cl)ccc3nc2Cl)CNC1C(=O)OC(C)(C)C. The van der Waals surface area contributed by atoms with E-state index < -0.39 is 11.6 Å². The Morgan fingerprint density at radius 1 is 1.23 bits per heavy atom. The summed E-state index contributed by atoms with van der Waals surface area (Å²) in [5, 5.41) is 3.88. The van der Waals surface area contributed by atoms with Crippen LogP contribution in [0.1, 0.15) is 27.7 Å². The second kappa shape index (κ2) is 7.18. The van der Waals surface area contributed by atoms with E-state index in [4.69, 9.17) is 32.7 Å². The summed E-state index contributed by atoms with van der Waals surface area (Å²) in [6.45, 7) is 7.94. The summed E-state index contributed by atoms with van der Waals surface area (Å²) in [5.74, 6) is -0.179. The Kier molecular flexibility index (Phi) is 5.28. The fourth-order valence-corrected chi connectivity index (χ4v) is 3.19. The van der Waals surface area contributed by atoms with Crippen LogP contribution in [0.25, 0.3) is 11.0 Å². The number of ether oxygens (including phenoxy) is 2. The van der Waals surface area contributed by atoms with E-state index in [2.05, 4.69) is 15.3 Å². The van der Waals surface area contributed by atoms with Crippen LogP contribution in [0.2, 0.25) is 10.2 Å². The topological polar surface area (TPSA) is 73.3 Å². The standard InChI is InChI=1S/C18H21Cl2N3O3/c1-9-13(8-21-14(9)17(24)26-18(2,3)4)25-16-15(20)22-11-6-5-10(19)7-12(11)23-16/h5-7,9,13-14,21H,8H2,1-4H3. The molecule has 0 bridgehead atoms. The zero-order valence-corrected chi connectivity index (χ0v) is 16.6. The van der Waals surface area contributed by atoms with Gasteiger partial charge in [-0.15, -0.1) is 0 Å². The summed E-state index contributed by atoms with van der Waals surface area (Å²) >= 11 is 12.2. The van der Waals surface area contributed by atoms with Gasteiger partial charge in [-0.3, -0.25) is 4.79 Å². The summed E-state index contributed by atoms with van der Waals surface area (Å²) in [6.07, 6.45) is -0.282. The number of aromatic nitrogens is 2. The van der Waals surface area contributed by atoms with E-state index in [-0.39, 0.29) is 29.0 Å². The molecule has 0 radical (unpaired) electrons. The molecule has 1 saturated heterocycles. The van der Waals surface area contributed by atoms with Crippen LogP contribution in [-0.4, -0.2) is 40.2 Å². The van der Waals surface area contributed by atoms with E-state index in [0.29, 0.717) is 22.6 Å². The Bertz CT molecular complexity index is 838. The van der Waals surface area contributed by atoms with Crippen molar-refractivity contribution in [3.05, 3.63) is 28.4 Å². The molecule has 0 spiro atoms. The fourth-order valence-electron chi connectivity index (χ4n) is 2.85. The van der Waals surface area contributed by atoms with Crippen LogP contribution >= 0.6 is 23.2 Å². The highest BCUT2D eigenvalue weighted by molar-refractivity contribution is 6.32. The van der Waals surface area contributed by atoms with Crippen molar-refractivity contribution in [3.8, 4) is 5.88 Å². The molecule has 3 atom stereocenters. The molecule has 26 heavy (non-hydrogen) atoms. The van der Waals surface area contributed by atoms with Crippen LogP contribution in [0, 0.1) is 5.92 Å². The Morgan fingerprint density at radius 2 is 1.96 bits per heavy atom. The number of benzene rings is 1. The normalized spacial score (nSPS) is 23.2. The smallest absolute Gasteiger partial charge is 0.324 e. The first kappa shape index (κ1) is 19.1. The van der Waals surface area contributed by atoms with Crippen molar-refractivity contribution in [1.29, 1.82) is 0 Å². The van der Waals surface area contributed by atoms with Gasteiger partial charge in [0.1, 0.15) is 17.7 Å². The number of nitrogens with one attached hydrogen (secondary N) is 1. The molecule has 0 amide bonds. The van der Waals surface area contributed by atoms with Gasteiger partial charge in [0, 0.05) is 17.5 Å². The lowest BCUT2D eigenvalue weighted by molar-refractivity contribution is -0.158. The fraction of sp³-hybridized carbons (Fsp3) is 0.500. The van der Waals surface area contributed by atoms with Crippen molar-refractivity contribution >= 4 is 40.2 Å². The molecule has 1 aromatic carbocycles. The molecule has 3 unspecified atom stereocenters. The van der Waals surface area contributed by atoms with Gasteiger partial charge in [0.25, 0.3) is 5.88 Å². The minimum atomic E-state index is -0.538. The van der Waals surface area contributed by atoms with Crippen molar-refractivity contribution in [2.45, 2.75) is 45.4 Å². The number of fused-ring (bicyclic) bond motifs is 1. The van der Waals surface area contributed by atoms with Crippen LogP contribution in [0.3, 0.4) is 0 Å². The average Bonchev–Trinajstić information content (AvgIpc) is 2.88. The first-order valence-corrected chi connectivity index (χ1v) is 9.15. The van der Waals surface area contributed by atoms with Crippen molar-refractivity contribution < 1.29 is 14.3 Å².